The van der Waals surface area contributed by atoms with Crippen molar-refractivity contribution in [2.24, 2.45) is 0 Å². The van der Waals surface area contributed by atoms with Crippen LogP contribution in [-0.2, 0) is 0 Å². The standard InChI is InChI=1S/C7H6N2S.C2H3F3/c10-7-8-5-3-1-2-4-6(5)9-7;1-2(3,4)5/h1-4H,(H2,8,9,10);1H3. The smallest absolute Gasteiger partial charge is 0.333 e. The zero-order valence-corrected chi connectivity index (χ0v) is 8.73. The zero-order valence-electron chi connectivity index (χ0n) is 7.84. The average molecular weight is 234 g/mol. The summed E-state index contributed by atoms with van der Waals surface area (Å²) < 4.78 is 31.1. The molecule has 0 aliphatic carbocycles. The maximum absolute atomic E-state index is 10.4. The van der Waals surface area contributed by atoms with E-state index in [1.54, 1.807) is 0 Å². The molecular formula is C9H9F3N2S. The number of thiol groups is 1. The second kappa shape index (κ2) is 4.57. The van der Waals surface area contributed by atoms with Crippen LogP contribution in [0.4, 0.5) is 13.2 Å². The van der Waals surface area contributed by atoms with Gasteiger partial charge in [0.1, 0.15) is 0 Å². The molecule has 1 aromatic heterocycles. The maximum atomic E-state index is 10.4. The van der Waals surface area contributed by atoms with Crippen LogP contribution in [0.3, 0.4) is 0 Å². The summed E-state index contributed by atoms with van der Waals surface area (Å²) in [5.74, 6) is 0. The van der Waals surface area contributed by atoms with Crippen molar-refractivity contribution < 1.29 is 13.2 Å². The lowest BCUT2D eigenvalue weighted by molar-refractivity contribution is -0.110. The van der Waals surface area contributed by atoms with Gasteiger partial charge < -0.3 is 4.98 Å². The molecular weight excluding hydrogens is 225 g/mol. The highest BCUT2D eigenvalue weighted by Crippen LogP contribution is 2.11. The number of hydrogen-bond acceptors (Lipinski definition) is 2. The van der Waals surface area contributed by atoms with Crippen molar-refractivity contribution in [1.82, 2.24) is 9.97 Å². The van der Waals surface area contributed by atoms with Crippen molar-refractivity contribution in [3.8, 4) is 0 Å². The van der Waals surface area contributed by atoms with Crippen LogP contribution < -0.4 is 0 Å². The van der Waals surface area contributed by atoms with Gasteiger partial charge in [0.2, 0.25) is 0 Å². The summed E-state index contributed by atoms with van der Waals surface area (Å²) in [4.78, 5) is 7.13. The third-order valence-corrected chi connectivity index (χ3v) is 1.59. The highest BCUT2D eigenvalue weighted by Gasteiger charge is 2.15. The van der Waals surface area contributed by atoms with Crippen LogP contribution in [-0.4, -0.2) is 16.1 Å². The van der Waals surface area contributed by atoms with Crippen molar-refractivity contribution in [3.05, 3.63) is 24.3 Å². The molecule has 0 aliphatic heterocycles. The van der Waals surface area contributed by atoms with Gasteiger partial charge in [-0.2, -0.15) is 13.2 Å². The fourth-order valence-corrected chi connectivity index (χ4v) is 1.17. The molecule has 2 aromatic rings. The van der Waals surface area contributed by atoms with E-state index in [-0.39, 0.29) is 6.92 Å². The number of nitrogens with zero attached hydrogens (tertiary/aromatic N) is 1. The Hall–Kier alpha value is -1.17. The Bertz CT molecular complexity index is 397. The minimum atomic E-state index is -4.00. The normalized spacial score (nSPS) is 11.0. The summed E-state index contributed by atoms with van der Waals surface area (Å²) in [6.45, 7) is 0.188. The number of halogens is 3. The average Bonchev–Trinajstić information content (AvgIpc) is 2.40. The lowest BCUT2D eigenvalue weighted by Crippen LogP contribution is -1.95. The minimum Gasteiger partial charge on any atom is -0.333 e. The van der Waals surface area contributed by atoms with Gasteiger partial charge in [-0.05, 0) is 12.1 Å². The first-order valence-corrected chi connectivity index (χ1v) is 4.51. The summed E-state index contributed by atoms with van der Waals surface area (Å²) >= 11 is 4.08. The molecule has 15 heavy (non-hydrogen) atoms. The number of aromatic amines is 1. The first-order chi connectivity index (χ1) is 6.86. The molecule has 1 N–H and O–H groups in total. The predicted octanol–water partition coefficient (Wildman–Crippen LogP) is 3.42. The van der Waals surface area contributed by atoms with Crippen LogP contribution >= 0.6 is 12.6 Å². The van der Waals surface area contributed by atoms with Crippen LogP contribution in [0.15, 0.2) is 29.4 Å². The molecule has 2 nitrogen and oxygen atoms in total. The number of fused-ring (bicyclic) bond motifs is 1. The molecule has 1 aromatic carbocycles. The number of aromatic nitrogens is 2. The minimum absolute atomic E-state index is 0.188. The molecule has 0 spiro atoms. The van der Waals surface area contributed by atoms with Gasteiger partial charge in [0, 0.05) is 6.92 Å². The Morgan fingerprint density at radius 3 is 2.33 bits per heavy atom. The van der Waals surface area contributed by atoms with Crippen molar-refractivity contribution in [3.63, 3.8) is 0 Å². The lowest BCUT2D eigenvalue weighted by atomic mass is 10.3. The zero-order chi connectivity index (χ0) is 11.5. The molecule has 0 atom stereocenters. The lowest BCUT2D eigenvalue weighted by Gasteiger charge is -1.88. The molecule has 0 radical (unpaired) electrons. The number of H-pyrrole nitrogens is 1. The summed E-state index contributed by atoms with van der Waals surface area (Å²) in [7, 11) is 0. The molecule has 0 saturated heterocycles. The number of hydrogen-bond donors (Lipinski definition) is 2. The van der Waals surface area contributed by atoms with Crippen LogP contribution in [0.25, 0.3) is 11.0 Å². The van der Waals surface area contributed by atoms with Crippen molar-refractivity contribution >= 4 is 23.7 Å². The number of benzene rings is 1. The van der Waals surface area contributed by atoms with E-state index < -0.39 is 6.18 Å². The van der Waals surface area contributed by atoms with E-state index in [0.29, 0.717) is 5.16 Å². The van der Waals surface area contributed by atoms with E-state index in [1.165, 1.54) is 0 Å². The third-order valence-electron chi connectivity index (χ3n) is 1.38. The maximum Gasteiger partial charge on any atom is 0.386 e. The molecule has 0 unspecified atom stereocenters. The van der Waals surface area contributed by atoms with Crippen molar-refractivity contribution in [1.29, 1.82) is 0 Å². The fourth-order valence-electron chi connectivity index (χ4n) is 0.939. The van der Waals surface area contributed by atoms with Gasteiger partial charge in [0.05, 0.1) is 11.0 Å². The van der Waals surface area contributed by atoms with E-state index in [4.69, 9.17) is 0 Å². The van der Waals surface area contributed by atoms with Crippen LogP contribution in [0.5, 0.6) is 0 Å². The monoisotopic (exact) mass is 234 g/mol. The van der Waals surface area contributed by atoms with Crippen LogP contribution in [0.1, 0.15) is 6.92 Å². The number of nitrogens with one attached hydrogen (secondary N) is 1. The summed E-state index contributed by atoms with van der Waals surface area (Å²) in [5.41, 5.74) is 2.00. The molecule has 6 heteroatoms. The Balaban J connectivity index is 0.000000195. The highest BCUT2D eigenvalue weighted by molar-refractivity contribution is 7.80. The molecule has 0 aliphatic rings. The number of rotatable bonds is 0. The van der Waals surface area contributed by atoms with E-state index in [1.807, 2.05) is 24.3 Å². The van der Waals surface area contributed by atoms with Crippen LogP contribution in [0, 0.1) is 0 Å². The fraction of sp³-hybridized carbons (Fsp3) is 0.222. The predicted molar refractivity (Wildman–Crippen MR) is 55.1 cm³/mol. The quantitative estimate of drug-likeness (QED) is 0.672. The van der Waals surface area contributed by atoms with Gasteiger partial charge in [-0.3, -0.25) is 0 Å². The van der Waals surface area contributed by atoms with Crippen molar-refractivity contribution in [2.45, 2.75) is 18.3 Å². The molecule has 0 saturated carbocycles. The number of alkyl halides is 3. The second-order valence-corrected chi connectivity index (χ2v) is 3.28. The van der Waals surface area contributed by atoms with E-state index >= 15 is 0 Å². The van der Waals surface area contributed by atoms with E-state index in [9.17, 15) is 13.2 Å². The number of para-hydroxylation sites is 2. The Morgan fingerprint density at radius 1 is 1.27 bits per heavy atom. The summed E-state index contributed by atoms with van der Waals surface area (Å²) in [6.07, 6.45) is -4.00. The Labute approximate surface area is 89.9 Å². The largest absolute Gasteiger partial charge is 0.386 e. The first-order valence-electron chi connectivity index (χ1n) is 4.07. The Kier molecular flexibility index (Phi) is 3.62. The molecule has 1 heterocycles. The molecule has 2 rings (SSSR count). The molecule has 0 bridgehead atoms. The SMILES string of the molecule is CC(F)(F)F.Sc1nc2ccccc2[nH]1. The van der Waals surface area contributed by atoms with Gasteiger partial charge in [-0.25, -0.2) is 4.98 Å². The topological polar surface area (TPSA) is 28.7 Å². The van der Waals surface area contributed by atoms with Gasteiger partial charge in [0.25, 0.3) is 0 Å². The van der Waals surface area contributed by atoms with Gasteiger partial charge >= 0.3 is 6.18 Å². The van der Waals surface area contributed by atoms with Crippen LogP contribution in [0.2, 0.25) is 0 Å². The van der Waals surface area contributed by atoms with Gasteiger partial charge in [-0.1, -0.05) is 12.1 Å². The van der Waals surface area contributed by atoms with Gasteiger partial charge in [-0.15, -0.1) is 12.6 Å². The molecule has 0 fully saturated rings. The first kappa shape index (κ1) is 11.9. The van der Waals surface area contributed by atoms with Gasteiger partial charge in [0.15, 0.2) is 5.16 Å². The Morgan fingerprint density at radius 2 is 1.80 bits per heavy atom. The summed E-state index contributed by atoms with van der Waals surface area (Å²) in [5, 5.41) is 0.668. The highest BCUT2D eigenvalue weighted by atomic mass is 32.1. The number of imidazole rings is 1. The van der Waals surface area contributed by atoms with E-state index in [0.717, 1.165) is 11.0 Å². The van der Waals surface area contributed by atoms with E-state index in [2.05, 4.69) is 22.6 Å². The van der Waals surface area contributed by atoms with Crippen molar-refractivity contribution in [2.75, 3.05) is 0 Å². The summed E-state index contributed by atoms with van der Waals surface area (Å²) in [6, 6.07) is 7.84. The molecule has 82 valence electrons. The second-order valence-electron chi connectivity index (χ2n) is 2.86. The third kappa shape index (κ3) is 4.73. The molecule has 0 amide bonds.